The van der Waals surface area contributed by atoms with Gasteiger partial charge in [-0.05, 0) is 50.5 Å². The molecule has 1 N–H and O–H groups in total. The zero-order valence-corrected chi connectivity index (χ0v) is 18.6. The van der Waals surface area contributed by atoms with Crippen LogP contribution in [0.2, 0.25) is 0 Å². The van der Waals surface area contributed by atoms with E-state index in [-0.39, 0.29) is 5.91 Å². The predicted molar refractivity (Wildman–Crippen MR) is 121 cm³/mol. The van der Waals surface area contributed by atoms with Crippen LogP contribution in [0.3, 0.4) is 0 Å². The number of hydrogen-bond acceptors (Lipinski definition) is 4. The molecule has 1 aromatic carbocycles. The van der Waals surface area contributed by atoms with Gasteiger partial charge in [0.15, 0.2) is 0 Å². The molecule has 6 nitrogen and oxygen atoms in total. The summed E-state index contributed by atoms with van der Waals surface area (Å²) in [6.45, 7) is 4.97. The van der Waals surface area contributed by atoms with E-state index in [9.17, 15) is 9.59 Å². The molecule has 0 aromatic heterocycles. The van der Waals surface area contributed by atoms with Crippen LogP contribution in [0.15, 0.2) is 30.3 Å². The van der Waals surface area contributed by atoms with E-state index in [2.05, 4.69) is 27.2 Å². The van der Waals surface area contributed by atoms with Crippen LogP contribution in [0.4, 0.5) is 0 Å². The van der Waals surface area contributed by atoms with Crippen LogP contribution in [0.1, 0.15) is 50.5 Å². The van der Waals surface area contributed by atoms with Crippen molar-refractivity contribution in [2.75, 3.05) is 39.4 Å². The van der Waals surface area contributed by atoms with Gasteiger partial charge in [-0.15, -0.1) is 0 Å². The second-order valence-corrected chi connectivity index (χ2v) is 9.25. The van der Waals surface area contributed by atoms with Crippen molar-refractivity contribution in [1.29, 1.82) is 0 Å². The molecule has 2 aliphatic heterocycles. The van der Waals surface area contributed by atoms with Gasteiger partial charge in [-0.2, -0.15) is 0 Å². The monoisotopic (exact) mass is 427 g/mol. The van der Waals surface area contributed by atoms with Crippen molar-refractivity contribution in [2.24, 2.45) is 5.92 Å². The maximum Gasteiger partial charge on any atom is 0.225 e. The van der Waals surface area contributed by atoms with Gasteiger partial charge in [-0.1, -0.05) is 30.3 Å². The molecular weight excluding hydrogens is 390 g/mol. The first-order valence-corrected chi connectivity index (χ1v) is 12.1. The first kappa shape index (κ1) is 22.3. The van der Waals surface area contributed by atoms with Crippen LogP contribution in [0.5, 0.6) is 0 Å². The molecule has 0 unspecified atom stereocenters. The summed E-state index contributed by atoms with van der Waals surface area (Å²) in [4.78, 5) is 29.4. The molecular formula is C25H37N3O3. The van der Waals surface area contributed by atoms with Gasteiger partial charge in [0.2, 0.25) is 11.8 Å². The van der Waals surface area contributed by atoms with Gasteiger partial charge < -0.3 is 15.0 Å². The van der Waals surface area contributed by atoms with Crippen LogP contribution < -0.4 is 5.32 Å². The Morgan fingerprint density at radius 1 is 0.968 bits per heavy atom. The third-order valence-electron chi connectivity index (χ3n) is 7.01. The molecule has 0 spiro atoms. The van der Waals surface area contributed by atoms with E-state index in [0.717, 1.165) is 77.8 Å². The van der Waals surface area contributed by atoms with Gasteiger partial charge in [-0.3, -0.25) is 14.5 Å². The minimum Gasteiger partial charge on any atom is -0.381 e. The smallest absolute Gasteiger partial charge is 0.225 e. The van der Waals surface area contributed by atoms with E-state index in [1.165, 1.54) is 5.56 Å². The van der Waals surface area contributed by atoms with E-state index >= 15 is 0 Å². The van der Waals surface area contributed by atoms with Crippen LogP contribution >= 0.6 is 0 Å². The second-order valence-electron chi connectivity index (χ2n) is 9.25. The van der Waals surface area contributed by atoms with Gasteiger partial charge in [0.05, 0.1) is 0 Å². The highest BCUT2D eigenvalue weighted by atomic mass is 16.5. The Labute approximate surface area is 186 Å². The summed E-state index contributed by atoms with van der Waals surface area (Å²) >= 11 is 0. The fourth-order valence-corrected chi connectivity index (χ4v) is 5.00. The number of benzene rings is 1. The van der Waals surface area contributed by atoms with Gasteiger partial charge >= 0.3 is 0 Å². The fraction of sp³-hybridized carbons (Fsp3) is 0.680. The van der Waals surface area contributed by atoms with Crippen LogP contribution in [0.25, 0.3) is 0 Å². The maximum absolute atomic E-state index is 12.4. The zero-order chi connectivity index (χ0) is 21.5. The number of likely N-dealkylation sites (tertiary alicyclic amines) is 1. The van der Waals surface area contributed by atoms with Gasteiger partial charge in [0, 0.05) is 63.8 Å². The summed E-state index contributed by atoms with van der Waals surface area (Å²) in [5, 5.41) is 3.14. The Hall–Kier alpha value is -1.92. The molecule has 31 heavy (non-hydrogen) atoms. The van der Waals surface area contributed by atoms with Crippen LogP contribution in [-0.2, 0) is 20.7 Å². The minimum absolute atomic E-state index is 0.126. The van der Waals surface area contributed by atoms with E-state index in [4.69, 9.17) is 4.74 Å². The molecule has 6 heteroatoms. The Morgan fingerprint density at radius 2 is 1.65 bits per heavy atom. The van der Waals surface area contributed by atoms with E-state index < -0.39 is 0 Å². The average molecular weight is 428 g/mol. The maximum atomic E-state index is 12.4. The molecule has 170 valence electrons. The first-order valence-electron chi connectivity index (χ1n) is 12.1. The molecule has 0 bridgehead atoms. The lowest BCUT2D eigenvalue weighted by atomic mass is 9.97. The van der Waals surface area contributed by atoms with Crippen molar-refractivity contribution in [2.45, 2.75) is 63.5 Å². The van der Waals surface area contributed by atoms with Crippen LogP contribution in [-0.4, -0.2) is 73.1 Å². The zero-order valence-electron chi connectivity index (χ0n) is 18.6. The fourth-order valence-electron chi connectivity index (χ4n) is 5.00. The third-order valence-corrected chi connectivity index (χ3v) is 7.01. The highest BCUT2D eigenvalue weighted by Crippen LogP contribution is 2.32. The molecule has 0 atom stereocenters. The highest BCUT2D eigenvalue weighted by Gasteiger charge is 2.37. The summed E-state index contributed by atoms with van der Waals surface area (Å²) in [6.07, 6.45) is 7.67. The SMILES string of the molecule is O=C(CCc1ccccc1)NCCN(C1CCOCC1)C1CCN(C(=O)C2CC2)CC1. The van der Waals surface area contributed by atoms with Crippen molar-refractivity contribution in [3.8, 4) is 0 Å². The largest absolute Gasteiger partial charge is 0.381 e. The number of amides is 2. The lowest BCUT2D eigenvalue weighted by Gasteiger charge is -2.43. The number of ether oxygens (including phenoxy) is 1. The summed E-state index contributed by atoms with van der Waals surface area (Å²) in [6, 6.07) is 11.2. The molecule has 0 radical (unpaired) electrons. The Morgan fingerprint density at radius 3 is 2.32 bits per heavy atom. The van der Waals surface area contributed by atoms with Crippen molar-refractivity contribution in [3.05, 3.63) is 35.9 Å². The lowest BCUT2D eigenvalue weighted by molar-refractivity contribution is -0.134. The lowest BCUT2D eigenvalue weighted by Crippen LogP contribution is -2.53. The number of piperidine rings is 1. The summed E-state index contributed by atoms with van der Waals surface area (Å²) in [5.41, 5.74) is 1.20. The Kier molecular flexibility index (Phi) is 7.97. The number of nitrogens with zero attached hydrogens (tertiary/aromatic N) is 2. The van der Waals surface area contributed by atoms with E-state index in [0.29, 0.717) is 36.9 Å². The Bertz CT molecular complexity index is 708. The molecule has 1 aliphatic carbocycles. The van der Waals surface area contributed by atoms with Crippen LogP contribution in [0, 0.1) is 5.92 Å². The number of carbonyl (C=O) groups excluding carboxylic acids is 2. The summed E-state index contributed by atoms with van der Waals surface area (Å²) < 4.78 is 5.59. The normalized spacial score (nSPS) is 20.7. The number of aryl methyl sites for hydroxylation is 1. The average Bonchev–Trinajstić information content (AvgIpc) is 3.67. The van der Waals surface area contributed by atoms with Gasteiger partial charge in [0.1, 0.15) is 0 Å². The number of hydrogen-bond donors (Lipinski definition) is 1. The first-order chi connectivity index (χ1) is 15.2. The number of carbonyl (C=O) groups is 2. The second kappa shape index (κ2) is 11.1. The topological polar surface area (TPSA) is 61.9 Å². The summed E-state index contributed by atoms with van der Waals surface area (Å²) in [5.74, 6) is 0.816. The Balaban J connectivity index is 1.24. The van der Waals surface area contributed by atoms with Gasteiger partial charge in [-0.25, -0.2) is 0 Å². The molecule has 2 saturated heterocycles. The van der Waals surface area contributed by atoms with E-state index in [1.807, 2.05) is 18.2 Å². The van der Waals surface area contributed by atoms with E-state index in [1.54, 1.807) is 0 Å². The van der Waals surface area contributed by atoms with Crippen molar-refractivity contribution in [1.82, 2.24) is 15.1 Å². The summed E-state index contributed by atoms with van der Waals surface area (Å²) in [7, 11) is 0. The molecule has 3 fully saturated rings. The molecule has 3 aliphatic rings. The predicted octanol–water partition coefficient (Wildman–Crippen LogP) is 2.62. The molecule has 1 saturated carbocycles. The third kappa shape index (κ3) is 6.53. The number of nitrogens with one attached hydrogen (secondary N) is 1. The van der Waals surface area contributed by atoms with Crippen molar-refractivity contribution < 1.29 is 14.3 Å². The minimum atomic E-state index is 0.126. The van der Waals surface area contributed by atoms with Gasteiger partial charge in [0.25, 0.3) is 0 Å². The number of rotatable bonds is 9. The highest BCUT2D eigenvalue weighted by molar-refractivity contribution is 5.81. The molecule has 4 rings (SSSR count). The molecule has 2 amide bonds. The van der Waals surface area contributed by atoms with Crippen molar-refractivity contribution in [3.63, 3.8) is 0 Å². The molecule has 1 aromatic rings. The van der Waals surface area contributed by atoms with Crippen molar-refractivity contribution >= 4 is 11.8 Å². The quantitative estimate of drug-likeness (QED) is 0.658. The standard InChI is InChI=1S/C25H37N3O3/c29-24(9-6-20-4-2-1-3-5-20)26-14-17-28(23-12-18-31-19-13-23)22-10-15-27(16-11-22)25(30)21-7-8-21/h1-5,21-23H,6-19H2,(H,26,29). The molecule has 2 heterocycles.